The van der Waals surface area contributed by atoms with E-state index in [-0.39, 0.29) is 12.0 Å². The molecule has 6 heteroatoms. The molecule has 0 atom stereocenters. The van der Waals surface area contributed by atoms with Crippen molar-refractivity contribution in [2.75, 3.05) is 19.6 Å². The van der Waals surface area contributed by atoms with Gasteiger partial charge in [-0.3, -0.25) is 9.69 Å². The predicted octanol–water partition coefficient (Wildman–Crippen LogP) is 5.44. The molecule has 2 aliphatic rings. The lowest BCUT2D eigenvalue weighted by Gasteiger charge is -2.38. The quantitative estimate of drug-likeness (QED) is 0.574. The van der Waals surface area contributed by atoms with E-state index >= 15 is 0 Å². The molecule has 0 bridgehead atoms. The molecule has 5 nitrogen and oxygen atoms in total. The fraction of sp³-hybridized carbons (Fsp3) is 0.423. The number of hydrogen-bond donors (Lipinski definition) is 1. The average Bonchev–Trinajstić information content (AvgIpc) is 2.69. The Morgan fingerprint density at radius 2 is 1.94 bits per heavy atom. The SMILES string of the molecule is CC1=C(CN2CC(C(=O)O)C2)CCc2cc(OCc3cc(Cl)cc(OC(C)C)c3)ccc21. The molecule has 0 amide bonds. The number of carboxylic acids is 1. The molecule has 0 spiro atoms. The van der Waals surface area contributed by atoms with Gasteiger partial charge in [-0.1, -0.05) is 23.2 Å². The minimum Gasteiger partial charge on any atom is -0.491 e. The summed E-state index contributed by atoms with van der Waals surface area (Å²) in [6.45, 7) is 8.74. The molecule has 1 fully saturated rings. The minimum atomic E-state index is -0.685. The van der Waals surface area contributed by atoms with E-state index in [4.69, 9.17) is 26.2 Å². The van der Waals surface area contributed by atoms with Gasteiger partial charge in [0.2, 0.25) is 0 Å². The van der Waals surface area contributed by atoms with E-state index in [0.29, 0.717) is 24.7 Å². The Morgan fingerprint density at radius 1 is 1.16 bits per heavy atom. The second-order valence-electron chi connectivity index (χ2n) is 9.03. The molecule has 2 aromatic rings. The first-order valence-corrected chi connectivity index (χ1v) is 11.5. The van der Waals surface area contributed by atoms with Crippen molar-refractivity contribution in [1.29, 1.82) is 0 Å². The lowest BCUT2D eigenvalue weighted by molar-refractivity contribution is -0.147. The molecule has 1 heterocycles. The van der Waals surface area contributed by atoms with E-state index in [1.807, 2.05) is 38.1 Å². The van der Waals surface area contributed by atoms with Crippen molar-refractivity contribution in [3.63, 3.8) is 0 Å². The molecule has 4 rings (SSSR count). The smallest absolute Gasteiger partial charge is 0.309 e. The molecular formula is C26H30ClNO4. The Bertz CT molecular complexity index is 1040. The van der Waals surface area contributed by atoms with Gasteiger partial charge in [-0.2, -0.15) is 0 Å². The number of aryl methyl sites for hydroxylation is 1. The molecule has 1 aliphatic carbocycles. The Kier molecular flexibility index (Phi) is 6.77. The zero-order valence-electron chi connectivity index (χ0n) is 18.9. The molecule has 170 valence electrons. The first kappa shape index (κ1) is 22.7. The minimum absolute atomic E-state index is 0.0868. The Hall–Kier alpha value is -2.50. The maximum absolute atomic E-state index is 11.0. The first-order valence-electron chi connectivity index (χ1n) is 11.1. The largest absolute Gasteiger partial charge is 0.491 e. The number of hydrogen-bond acceptors (Lipinski definition) is 4. The van der Waals surface area contributed by atoms with E-state index in [9.17, 15) is 4.79 Å². The van der Waals surface area contributed by atoms with Crippen LogP contribution in [0, 0.1) is 5.92 Å². The van der Waals surface area contributed by atoms with Crippen molar-refractivity contribution < 1.29 is 19.4 Å². The summed E-state index contributed by atoms with van der Waals surface area (Å²) >= 11 is 6.24. The van der Waals surface area contributed by atoms with Crippen LogP contribution < -0.4 is 9.47 Å². The number of benzene rings is 2. The monoisotopic (exact) mass is 455 g/mol. The number of fused-ring (bicyclic) bond motifs is 1. The number of aliphatic carboxylic acids is 1. The van der Waals surface area contributed by atoms with Gasteiger partial charge in [0.05, 0.1) is 12.0 Å². The van der Waals surface area contributed by atoms with Gasteiger partial charge in [0, 0.05) is 24.7 Å². The third kappa shape index (κ3) is 5.28. The summed E-state index contributed by atoms with van der Waals surface area (Å²) in [4.78, 5) is 13.3. The van der Waals surface area contributed by atoms with Crippen LogP contribution in [0.3, 0.4) is 0 Å². The number of halogens is 1. The second kappa shape index (κ2) is 9.55. The molecule has 0 unspecified atom stereocenters. The molecule has 1 aliphatic heterocycles. The van der Waals surface area contributed by atoms with Crippen molar-refractivity contribution in [2.45, 2.75) is 46.3 Å². The van der Waals surface area contributed by atoms with E-state index < -0.39 is 5.97 Å². The predicted molar refractivity (Wildman–Crippen MR) is 126 cm³/mol. The zero-order valence-corrected chi connectivity index (χ0v) is 19.6. The van der Waals surface area contributed by atoms with E-state index in [0.717, 1.165) is 36.4 Å². The van der Waals surface area contributed by atoms with E-state index in [2.05, 4.69) is 24.0 Å². The fourth-order valence-corrected chi connectivity index (χ4v) is 4.68. The lowest BCUT2D eigenvalue weighted by Crippen LogP contribution is -2.50. The van der Waals surface area contributed by atoms with Crippen molar-refractivity contribution in [2.24, 2.45) is 5.92 Å². The number of ether oxygens (including phenoxy) is 2. The third-order valence-corrected chi connectivity index (χ3v) is 6.35. The number of allylic oxidation sites excluding steroid dienone is 1. The summed E-state index contributed by atoms with van der Waals surface area (Å²) in [5.74, 6) is 0.703. The highest BCUT2D eigenvalue weighted by Gasteiger charge is 2.33. The van der Waals surface area contributed by atoms with Gasteiger partial charge in [0.25, 0.3) is 0 Å². The molecule has 0 saturated carbocycles. The fourth-order valence-electron chi connectivity index (χ4n) is 4.43. The van der Waals surface area contributed by atoms with Crippen molar-refractivity contribution >= 4 is 23.1 Å². The standard InChI is InChI=1S/C26H30ClNO4/c1-16(2)32-24-9-18(8-22(27)11-24)15-31-23-6-7-25-17(3)20(5-4-19(25)10-23)12-28-13-21(14-28)26(29)30/h6-11,16,21H,4-5,12-15H2,1-3H3,(H,29,30). The maximum atomic E-state index is 11.0. The Labute approximate surface area is 194 Å². The zero-order chi connectivity index (χ0) is 22.8. The average molecular weight is 456 g/mol. The van der Waals surface area contributed by atoms with Gasteiger partial charge >= 0.3 is 5.97 Å². The molecule has 2 aromatic carbocycles. The van der Waals surface area contributed by atoms with Crippen molar-refractivity contribution in [3.8, 4) is 11.5 Å². The molecule has 32 heavy (non-hydrogen) atoms. The van der Waals surface area contributed by atoms with Crippen LogP contribution in [0.2, 0.25) is 5.02 Å². The highest BCUT2D eigenvalue weighted by molar-refractivity contribution is 6.30. The molecular weight excluding hydrogens is 426 g/mol. The van der Waals surface area contributed by atoms with Crippen molar-refractivity contribution in [3.05, 3.63) is 63.7 Å². The molecule has 0 aromatic heterocycles. The van der Waals surface area contributed by atoms with Gasteiger partial charge in [0.15, 0.2) is 0 Å². The number of likely N-dealkylation sites (tertiary alicyclic amines) is 1. The number of carbonyl (C=O) groups is 1. The summed E-state index contributed by atoms with van der Waals surface area (Å²) in [5.41, 5.74) is 6.25. The lowest BCUT2D eigenvalue weighted by atomic mass is 9.85. The van der Waals surface area contributed by atoms with Crippen molar-refractivity contribution in [1.82, 2.24) is 4.90 Å². The molecule has 1 N–H and O–H groups in total. The number of rotatable bonds is 8. The van der Waals surface area contributed by atoms with E-state index in [1.54, 1.807) is 0 Å². The van der Waals surface area contributed by atoms with Gasteiger partial charge in [-0.15, -0.1) is 0 Å². The van der Waals surface area contributed by atoms with Gasteiger partial charge in [-0.25, -0.2) is 0 Å². The number of nitrogens with zero attached hydrogens (tertiary/aromatic N) is 1. The topological polar surface area (TPSA) is 59.0 Å². The Balaban J connectivity index is 1.40. The number of carboxylic acid groups (broad SMARTS) is 1. The van der Waals surface area contributed by atoms with Crippen LogP contribution in [0.4, 0.5) is 0 Å². The second-order valence-corrected chi connectivity index (χ2v) is 9.46. The summed E-state index contributed by atoms with van der Waals surface area (Å²) in [7, 11) is 0. The Morgan fingerprint density at radius 3 is 2.66 bits per heavy atom. The van der Waals surface area contributed by atoms with Gasteiger partial charge < -0.3 is 14.6 Å². The van der Waals surface area contributed by atoms with Crippen LogP contribution >= 0.6 is 11.6 Å². The van der Waals surface area contributed by atoms with Gasteiger partial charge in [-0.05, 0) is 86.2 Å². The van der Waals surface area contributed by atoms with Crippen LogP contribution in [0.15, 0.2) is 42.0 Å². The summed E-state index contributed by atoms with van der Waals surface area (Å²) in [6, 6.07) is 12.0. The maximum Gasteiger partial charge on any atom is 0.309 e. The third-order valence-electron chi connectivity index (χ3n) is 6.14. The van der Waals surface area contributed by atoms with Crippen LogP contribution in [0.25, 0.3) is 5.57 Å². The van der Waals surface area contributed by atoms with Gasteiger partial charge in [0.1, 0.15) is 18.1 Å². The highest BCUT2D eigenvalue weighted by Crippen LogP contribution is 2.35. The molecule has 0 radical (unpaired) electrons. The highest BCUT2D eigenvalue weighted by atomic mass is 35.5. The van der Waals surface area contributed by atoms with E-state index in [1.165, 1.54) is 22.3 Å². The first-order chi connectivity index (χ1) is 15.3. The van der Waals surface area contributed by atoms with Crippen LogP contribution in [0.1, 0.15) is 43.9 Å². The normalized spacial score (nSPS) is 16.7. The van der Waals surface area contributed by atoms with Crippen LogP contribution in [-0.4, -0.2) is 41.7 Å². The van der Waals surface area contributed by atoms with Crippen LogP contribution in [0.5, 0.6) is 11.5 Å². The summed E-state index contributed by atoms with van der Waals surface area (Å²) < 4.78 is 11.8. The van der Waals surface area contributed by atoms with Crippen LogP contribution in [-0.2, 0) is 17.8 Å². The molecule has 1 saturated heterocycles. The summed E-state index contributed by atoms with van der Waals surface area (Å²) in [5, 5.41) is 9.72. The summed E-state index contributed by atoms with van der Waals surface area (Å²) in [6.07, 6.45) is 2.06.